The van der Waals surface area contributed by atoms with Crippen molar-refractivity contribution in [2.45, 2.75) is 50.0 Å². The first-order chi connectivity index (χ1) is 22.3. The molecule has 0 aromatic carbocycles. The van der Waals surface area contributed by atoms with Crippen LogP contribution in [-0.4, -0.2) is 100 Å². The third kappa shape index (κ3) is 6.67. The van der Waals surface area contributed by atoms with Gasteiger partial charge in [0.05, 0.1) is 12.8 Å². The van der Waals surface area contributed by atoms with Crippen LogP contribution in [0.3, 0.4) is 0 Å². The molecule has 2 aliphatic heterocycles. The van der Waals surface area contributed by atoms with Crippen molar-refractivity contribution in [2.24, 2.45) is 10.9 Å². The predicted octanol–water partition coefficient (Wildman–Crippen LogP) is -1.06. The van der Waals surface area contributed by atoms with E-state index in [1.165, 1.54) is 18.7 Å². The molecule has 1 fully saturated rings. The normalized spacial score (nSPS) is 19.3. The van der Waals surface area contributed by atoms with Crippen LogP contribution in [0.15, 0.2) is 34.8 Å². The van der Waals surface area contributed by atoms with E-state index in [2.05, 4.69) is 20.4 Å². The largest absolute Gasteiger partial charge is 0.478 e. The molecule has 0 spiro atoms. The van der Waals surface area contributed by atoms with Gasteiger partial charge in [-0.05, 0) is 30.5 Å². The van der Waals surface area contributed by atoms with Crippen LogP contribution in [0.1, 0.15) is 19.0 Å². The number of amides is 2. The van der Waals surface area contributed by atoms with Gasteiger partial charge in [0.1, 0.15) is 39.2 Å². The summed E-state index contributed by atoms with van der Waals surface area (Å²) in [6.07, 6.45) is 0.740. The first-order valence-corrected chi connectivity index (χ1v) is 16.2. The van der Waals surface area contributed by atoms with Gasteiger partial charge in [0.15, 0.2) is 10.8 Å². The van der Waals surface area contributed by atoms with Crippen LogP contribution in [0.4, 0.5) is 11.1 Å². The van der Waals surface area contributed by atoms with Crippen molar-refractivity contribution in [1.29, 1.82) is 0 Å². The van der Waals surface area contributed by atoms with Crippen LogP contribution in [0.2, 0.25) is 4.34 Å². The maximum atomic E-state index is 13.4. The van der Waals surface area contributed by atoms with Crippen molar-refractivity contribution in [2.75, 3.05) is 23.8 Å². The number of carboxylic acids is 2. The number of nitrogen functional groups attached to an aromatic ring is 2. The minimum Gasteiger partial charge on any atom is -0.478 e. The number of fused-ring (bicyclic) bond motifs is 2. The Hall–Kier alpha value is -4.50. The van der Waals surface area contributed by atoms with E-state index in [0.29, 0.717) is 29.7 Å². The lowest BCUT2D eigenvalue weighted by atomic mass is 10.0. The molecule has 10 N–H and O–H groups in total. The molecule has 3 aromatic rings. The average molecular weight is 710 g/mol. The number of nitrogens with one attached hydrogen (secondary N) is 1. The number of thiazole rings is 1. The molecule has 5 heterocycles. The number of carboxylic acid groups (broad SMARTS) is 2. The quantitative estimate of drug-likeness (QED) is 0.0482. The van der Waals surface area contributed by atoms with Crippen molar-refractivity contribution in [3.05, 3.63) is 39.6 Å². The molecule has 0 radical (unpaired) electrons. The van der Waals surface area contributed by atoms with Crippen LogP contribution < -0.4 is 27.1 Å². The molecule has 4 atom stereocenters. The predicted molar refractivity (Wildman–Crippen MR) is 170 cm³/mol. The summed E-state index contributed by atoms with van der Waals surface area (Å²) in [6, 6.07) is 1.98. The zero-order valence-electron chi connectivity index (χ0n) is 24.6. The topological polar surface area (TPSA) is 278 Å². The summed E-state index contributed by atoms with van der Waals surface area (Å²) in [5, 5.41) is 34.0. The number of aryl methyl sites for hydroxylation is 1. The van der Waals surface area contributed by atoms with Crippen molar-refractivity contribution in [1.82, 2.24) is 24.8 Å². The van der Waals surface area contributed by atoms with Crippen LogP contribution in [0, 0.1) is 0 Å². The molecule has 1 saturated heterocycles. The number of pyridine rings is 1. The molecule has 0 saturated carbocycles. The highest BCUT2D eigenvalue weighted by molar-refractivity contribution is 8.00. The number of hydrogen-bond acceptors (Lipinski definition) is 14. The number of aliphatic hydroxyl groups excluding tert-OH is 1. The Morgan fingerprint density at radius 2 is 2.04 bits per heavy atom. The number of thioether (sulfide) groups is 1. The van der Waals surface area contributed by atoms with Crippen molar-refractivity contribution >= 4 is 86.4 Å². The Bertz CT molecular complexity index is 1830. The number of aromatic nitrogens is 4. The summed E-state index contributed by atoms with van der Waals surface area (Å²) in [7, 11) is 0. The maximum absolute atomic E-state index is 13.4. The molecule has 3 aromatic heterocycles. The number of carbonyl (C=O) groups excluding carboxylic acids is 2. The number of hydrogen-bond donors (Lipinski definition) is 7. The summed E-state index contributed by atoms with van der Waals surface area (Å²) in [5.41, 5.74) is 18.4. The van der Waals surface area contributed by atoms with E-state index >= 15 is 0 Å². The molecule has 2 unspecified atom stereocenters. The first kappa shape index (κ1) is 33.9. The van der Waals surface area contributed by atoms with Gasteiger partial charge in [-0.25, -0.2) is 19.1 Å². The van der Waals surface area contributed by atoms with Crippen LogP contribution >= 0.6 is 34.7 Å². The van der Waals surface area contributed by atoms with Crippen LogP contribution in [0.5, 0.6) is 0 Å². The zero-order valence-corrected chi connectivity index (χ0v) is 27.0. The maximum Gasteiger partial charge on any atom is 0.352 e. The average Bonchev–Trinajstić information content (AvgIpc) is 3.54. The number of β-lactam (4-membered cyclic amide) rings is 1. The van der Waals surface area contributed by atoms with E-state index < -0.39 is 53.0 Å². The smallest absolute Gasteiger partial charge is 0.352 e. The highest BCUT2D eigenvalue weighted by Gasteiger charge is 2.54. The second-order valence-corrected chi connectivity index (χ2v) is 13.3. The molecular weight excluding hydrogens is 680 g/mol. The minimum absolute atomic E-state index is 0.00296. The second-order valence-electron chi connectivity index (χ2n) is 10.5. The Kier molecular flexibility index (Phi) is 9.86. The fraction of sp³-hybridized carbons (Fsp3) is 0.385. The fourth-order valence-electron chi connectivity index (χ4n) is 4.96. The lowest BCUT2D eigenvalue weighted by Crippen LogP contribution is -2.71. The second kappa shape index (κ2) is 13.7. The minimum atomic E-state index is -1.43. The molecule has 47 heavy (non-hydrogen) atoms. The SMILES string of the molecule is C[C@H](O/N=C(\C(=O)NC1C(=O)N2C(C(=O)O)=C(C[n+]3cccc4c3nc(N)n4CC[C@H](N)CO)CSC12)c1nc(N)sc1Cl)C(=O)O. The third-order valence-electron chi connectivity index (χ3n) is 7.36. The van der Waals surface area contributed by atoms with Gasteiger partial charge < -0.3 is 42.7 Å². The number of oxime groups is 1. The molecule has 2 aliphatic rings. The Balaban J connectivity index is 1.38. The summed E-state index contributed by atoms with van der Waals surface area (Å²) >= 11 is 8.25. The number of rotatable bonds is 13. The van der Waals surface area contributed by atoms with E-state index in [-0.39, 0.29) is 45.7 Å². The number of nitrogens with two attached hydrogens (primary N) is 3. The molecule has 0 bridgehead atoms. The number of anilines is 2. The number of carbonyl (C=O) groups is 4. The summed E-state index contributed by atoms with van der Waals surface area (Å²) in [5.74, 6) is -3.91. The third-order valence-corrected chi connectivity index (χ3v) is 9.78. The highest BCUT2D eigenvalue weighted by Crippen LogP contribution is 2.40. The van der Waals surface area contributed by atoms with Gasteiger partial charge in [0, 0.05) is 23.9 Å². The molecule has 5 rings (SSSR count). The van der Waals surface area contributed by atoms with Crippen LogP contribution in [0.25, 0.3) is 11.2 Å². The van der Waals surface area contributed by atoms with Gasteiger partial charge in [-0.3, -0.25) is 19.1 Å². The zero-order chi connectivity index (χ0) is 34.2. The lowest BCUT2D eigenvalue weighted by Gasteiger charge is -2.49. The molecule has 250 valence electrons. The van der Waals surface area contributed by atoms with Gasteiger partial charge in [0.25, 0.3) is 11.8 Å². The Morgan fingerprint density at radius 1 is 1.30 bits per heavy atom. The number of nitrogens with zero attached hydrogens (tertiary/aromatic N) is 6. The van der Waals surface area contributed by atoms with E-state index in [1.54, 1.807) is 21.4 Å². The van der Waals surface area contributed by atoms with Crippen molar-refractivity contribution < 1.29 is 43.9 Å². The van der Waals surface area contributed by atoms with Crippen molar-refractivity contribution in [3.63, 3.8) is 0 Å². The van der Waals surface area contributed by atoms with E-state index in [4.69, 9.17) is 38.7 Å². The van der Waals surface area contributed by atoms with Gasteiger partial charge in [-0.15, -0.1) is 11.8 Å². The van der Waals surface area contributed by atoms with Crippen LogP contribution in [-0.2, 0) is 37.1 Å². The number of imidazole rings is 1. The summed E-state index contributed by atoms with van der Waals surface area (Å²) in [4.78, 5) is 64.9. The van der Waals surface area contributed by atoms with Crippen molar-refractivity contribution in [3.8, 4) is 0 Å². The molecule has 21 heteroatoms. The van der Waals surface area contributed by atoms with Gasteiger partial charge in [-0.2, -0.15) is 0 Å². The highest BCUT2D eigenvalue weighted by atomic mass is 35.5. The fourth-order valence-corrected chi connectivity index (χ4v) is 7.22. The monoisotopic (exact) mass is 709 g/mol. The Labute approximate surface area is 278 Å². The number of aliphatic carboxylic acids is 2. The standard InChI is InChI=1S/C26H29ClN10O8S2/c1-10(23(41)42)45-34-15(14-18(27)47-26(30)32-14)20(39)31-16-21(40)37-17(24(43)44)11(9-46-22(16)37)7-35-5-2-3-13-19(35)33-25(29)36(13)6-4-12(28)8-38/h2-3,5,10,12,16,22,29,38H,4,6-9,28H2,1H3,(H5,30,31,32,39,41,42,43,44)/p+1/b34-15-/t10-,12-,16?,22?/m0/s1. The van der Waals surface area contributed by atoms with Gasteiger partial charge in [-0.1, -0.05) is 28.1 Å². The summed E-state index contributed by atoms with van der Waals surface area (Å²) < 4.78 is 3.45. The lowest BCUT2D eigenvalue weighted by molar-refractivity contribution is -0.664. The molecular formula is C26H30ClN10O8S2+. The van der Waals surface area contributed by atoms with Gasteiger partial charge in [0.2, 0.25) is 6.10 Å². The van der Waals surface area contributed by atoms with E-state index in [1.807, 2.05) is 6.07 Å². The molecule has 0 aliphatic carbocycles. The summed E-state index contributed by atoms with van der Waals surface area (Å²) in [6.45, 7) is 1.49. The molecule has 2 amide bonds. The Morgan fingerprint density at radius 3 is 2.68 bits per heavy atom. The first-order valence-electron chi connectivity index (χ1n) is 13.9. The van der Waals surface area contributed by atoms with E-state index in [9.17, 15) is 29.4 Å². The number of halogens is 1. The number of aliphatic hydroxyl groups is 1. The molecule has 18 nitrogen and oxygen atoms in total. The van der Waals surface area contributed by atoms with E-state index in [0.717, 1.165) is 16.2 Å². The van der Waals surface area contributed by atoms with Gasteiger partial charge >= 0.3 is 23.5 Å².